The third-order valence-corrected chi connectivity index (χ3v) is 4.71. The van der Waals surface area contributed by atoms with Crippen LogP contribution in [0.1, 0.15) is 24.4 Å². The highest BCUT2D eigenvalue weighted by atomic mass is 79.9. The fourth-order valence-electron chi connectivity index (χ4n) is 2.77. The number of hydrogen-bond acceptors (Lipinski definition) is 3. The van der Waals surface area contributed by atoms with Gasteiger partial charge >= 0.3 is 0 Å². The second-order valence-electron chi connectivity index (χ2n) is 5.47. The molecule has 2 N–H and O–H groups in total. The van der Waals surface area contributed by atoms with Gasteiger partial charge < -0.3 is 15.4 Å². The van der Waals surface area contributed by atoms with E-state index in [1.807, 2.05) is 18.2 Å². The summed E-state index contributed by atoms with van der Waals surface area (Å²) < 4.78 is 6.21. The lowest BCUT2D eigenvalue weighted by atomic mass is 10.0. The summed E-state index contributed by atoms with van der Waals surface area (Å²) in [6, 6.07) is 5.90. The average molecular weight is 362 g/mol. The average Bonchev–Trinajstić information content (AvgIpc) is 2.84. The smallest absolute Gasteiger partial charge is 0.0503 e. The molecule has 1 aliphatic heterocycles. The molecule has 1 aromatic rings. The maximum atomic E-state index is 6.27. The fourth-order valence-corrected chi connectivity index (χ4v) is 3.58. The van der Waals surface area contributed by atoms with Crippen molar-refractivity contribution in [2.24, 2.45) is 11.7 Å². The van der Waals surface area contributed by atoms with Gasteiger partial charge in [0.2, 0.25) is 0 Å². The zero-order valence-electron chi connectivity index (χ0n) is 11.8. The Morgan fingerprint density at radius 3 is 3.05 bits per heavy atom. The van der Waals surface area contributed by atoms with Crippen molar-refractivity contribution in [2.45, 2.75) is 18.9 Å². The first kappa shape index (κ1) is 16.2. The predicted octanol–water partition coefficient (Wildman–Crippen LogP) is 3.46. The van der Waals surface area contributed by atoms with E-state index in [1.165, 1.54) is 6.42 Å². The molecule has 0 radical (unpaired) electrons. The molecular formula is C15H22BrClN2O. The number of benzene rings is 1. The summed E-state index contributed by atoms with van der Waals surface area (Å²) in [7, 11) is 1.77. The molecule has 0 spiro atoms. The molecule has 0 amide bonds. The Morgan fingerprint density at radius 2 is 2.35 bits per heavy atom. The molecule has 1 heterocycles. The van der Waals surface area contributed by atoms with Crippen molar-refractivity contribution in [3.63, 3.8) is 0 Å². The van der Waals surface area contributed by atoms with E-state index in [9.17, 15) is 0 Å². The molecule has 2 unspecified atom stereocenters. The number of halogens is 2. The first-order valence-corrected chi connectivity index (χ1v) is 8.19. The third-order valence-electron chi connectivity index (χ3n) is 3.89. The molecule has 5 heteroatoms. The quantitative estimate of drug-likeness (QED) is 0.843. The Labute approximate surface area is 134 Å². The van der Waals surface area contributed by atoms with Crippen LogP contribution < -0.4 is 5.73 Å². The number of methoxy groups -OCH3 is 1. The number of hydrogen-bond donors (Lipinski definition) is 1. The normalized spacial score (nSPS) is 21.3. The topological polar surface area (TPSA) is 38.5 Å². The van der Waals surface area contributed by atoms with Crippen LogP contribution in [0, 0.1) is 5.92 Å². The molecule has 112 valence electrons. The predicted molar refractivity (Wildman–Crippen MR) is 87.1 cm³/mol. The van der Waals surface area contributed by atoms with Crippen molar-refractivity contribution in [2.75, 3.05) is 33.4 Å². The summed E-state index contributed by atoms with van der Waals surface area (Å²) in [4.78, 5) is 2.47. The van der Waals surface area contributed by atoms with Gasteiger partial charge in [-0.3, -0.25) is 0 Å². The van der Waals surface area contributed by atoms with Gasteiger partial charge in [-0.05, 0) is 49.5 Å². The van der Waals surface area contributed by atoms with Crippen LogP contribution in [0.15, 0.2) is 22.7 Å². The van der Waals surface area contributed by atoms with Gasteiger partial charge in [-0.2, -0.15) is 0 Å². The van der Waals surface area contributed by atoms with Crippen LogP contribution in [-0.4, -0.2) is 38.3 Å². The highest BCUT2D eigenvalue weighted by Crippen LogP contribution is 2.27. The van der Waals surface area contributed by atoms with Crippen LogP contribution >= 0.6 is 27.5 Å². The molecule has 0 bridgehead atoms. The van der Waals surface area contributed by atoms with Crippen molar-refractivity contribution >= 4 is 27.5 Å². The molecule has 1 saturated heterocycles. The van der Waals surface area contributed by atoms with Crippen LogP contribution in [0.2, 0.25) is 5.02 Å². The highest BCUT2D eigenvalue weighted by Gasteiger charge is 2.22. The van der Waals surface area contributed by atoms with Gasteiger partial charge in [-0.1, -0.05) is 33.6 Å². The summed E-state index contributed by atoms with van der Waals surface area (Å²) in [6.07, 6.45) is 2.16. The van der Waals surface area contributed by atoms with E-state index < -0.39 is 0 Å². The monoisotopic (exact) mass is 360 g/mol. The second-order valence-corrected chi connectivity index (χ2v) is 6.79. The van der Waals surface area contributed by atoms with Crippen LogP contribution in [0.25, 0.3) is 0 Å². The number of nitrogens with zero attached hydrogens (tertiary/aromatic N) is 1. The SMILES string of the molecule is COCC1CCN(CCC(N)c2ccc(Br)cc2Cl)C1. The Balaban J connectivity index is 1.82. The molecule has 1 aliphatic rings. The zero-order chi connectivity index (χ0) is 14.5. The van der Waals surface area contributed by atoms with Gasteiger partial charge in [-0.25, -0.2) is 0 Å². The molecule has 0 aromatic heterocycles. The summed E-state index contributed by atoms with van der Waals surface area (Å²) in [5, 5.41) is 0.741. The molecule has 1 aromatic carbocycles. The maximum Gasteiger partial charge on any atom is 0.0503 e. The Bertz CT molecular complexity index is 444. The largest absolute Gasteiger partial charge is 0.384 e. The minimum atomic E-state index is -0.00271. The lowest BCUT2D eigenvalue weighted by Crippen LogP contribution is -2.26. The molecule has 3 nitrogen and oxygen atoms in total. The van der Waals surface area contributed by atoms with Gasteiger partial charge in [-0.15, -0.1) is 0 Å². The Kier molecular flexibility index (Phi) is 6.30. The van der Waals surface area contributed by atoms with Crippen molar-refractivity contribution in [3.05, 3.63) is 33.3 Å². The summed E-state index contributed by atoms with van der Waals surface area (Å²) >= 11 is 9.66. The van der Waals surface area contributed by atoms with E-state index in [4.69, 9.17) is 22.1 Å². The molecule has 0 aliphatic carbocycles. The molecule has 2 atom stereocenters. The van der Waals surface area contributed by atoms with Crippen molar-refractivity contribution in [1.29, 1.82) is 0 Å². The van der Waals surface area contributed by atoms with Crippen LogP contribution in [-0.2, 0) is 4.74 Å². The van der Waals surface area contributed by atoms with Crippen LogP contribution in [0.4, 0.5) is 0 Å². The van der Waals surface area contributed by atoms with E-state index in [1.54, 1.807) is 7.11 Å². The number of ether oxygens (including phenoxy) is 1. The van der Waals surface area contributed by atoms with E-state index in [0.717, 1.165) is 47.7 Å². The summed E-state index contributed by atoms with van der Waals surface area (Å²) in [6.45, 7) is 4.15. The summed E-state index contributed by atoms with van der Waals surface area (Å²) in [5.41, 5.74) is 7.30. The van der Waals surface area contributed by atoms with Gasteiger partial charge in [0, 0.05) is 29.2 Å². The van der Waals surface area contributed by atoms with Gasteiger partial charge in [0.1, 0.15) is 0 Å². The number of nitrogens with two attached hydrogens (primary N) is 1. The lowest BCUT2D eigenvalue weighted by molar-refractivity contribution is 0.153. The standard InChI is InChI=1S/C15H22BrClN2O/c1-20-10-11-4-6-19(9-11)7-5-15(18)13-3-2-12(16)8-14(13)17/h2-3,8,11,15H,4-7,9-10,18H2,1H3. The van der Waals surface area contributed by atoms with Gasteiger partial charge in [0.15, 0.2) is 0 Å². The minimum Gasteiger partial charge on any atom is -0.384 e. The highest BCUT2D eigenvalue weighted by molar-refractivity contribution is 9.10. The Hall–Kier alpha value is -0.130. The zero-order valence-corrected chi connectivity index (χ0v) is 14.2. The van der Waals surface area contributed by atoms with Crippen molar-refractivity contribution in [3.8, 4) is 0 Å². The van der Waals surface area contributed by atoms with Crippen molar-refractivity contribution < 1.29 is 4.74 Å². The van der Waals surface area contributed by atoms with Crippen molar-refractivity contribution in [1.82, 2.24) is 4.90 Å². The molecule has 2 rings (SSSR count). The maximum absolute atomic E-state index is 6.27. The van der Waals surface area contributed by atoms with Crippen LogP contribution in [0.5, 0.6) is 0 Å². The second kappa shape index (κ2) is 7.76. The molecule has 1 fully saturated rings. The third kappa shape index (κ3) is 4.43. The lowest BCUT2D eigenvalue weighted by Gasteiger charge is -2.20. The van der Waals surface area contributed by atoms with Gasteiger partial charge in [0.05, 0.1) is 6.61 Å². The van der Waals surface area contributed by atoms with Gasteiger partial charge in [0.25, 0.3) is 0 Å². The number of rotatable bonds is 6. The summed E-state index contributed by atoms with van der Waals surface area (Å²) in [5.74, 6) is 0.674. The van der Waals surface area contributed by atoms with E-state index in [0.29, 0.717) is 5.92 Å². The Morgan fingerprint density at radius 1 is 1.55 bits per heavy atom. The van der Waals surface area contributed by atoms with Crippen LogP contribution in [0.3, 0.4) is 0 Å². The van der Waals surface area contributed by atoms with E-state index in [2.05, 4.69) is 20.8 Å². The minimum absolute atomic E-state index is 0.00271. The first-order chi connectivity index (χ1) is 9.60. The number of likely N-dealkylation sites (tertiary alicyclic amines) is 1. The van der Waals surface area contributed by atoms with E-state index >= 15 is 0 Å². The molecule has 20 heavy (non-hydrogen) atoms. The van der Waals surface area contributed by atoms with E-state index in [-0.39, 0.29) is 6.04 Å². The first-order valence-electron chi connectivity index (χ1n) is 7.02. The molecular weight excluding hydrogens is 340 g/mol. The molecule has 0 saturated carbocycles. The fraction of sp³-hybridized carbons (Fsp3) is 0.600.